The van der Waals surface area contributed by atoms with E-state index in [1.165, 1.54) is 47.9 Å². The second kappa shape index (κ2) is 13.5. The summed E-state index contributed by atoms with van der Waals surface area (Å²) in [5.41, 5.74) is 7.12. The van der Waals surface area contributed by atoms with Crippen LogP contribution < -0.4 is 9.47 Å². The molecule has 0 aliphatic rings. The summed E-state index contributed by atoms with van der Waals surface area (Å²) in [6, 6.07) is 34.3. The van der Waals surface area contributed by atoms with Crippen molar-refractivity contribution < 1.29 is 9.47 Å². The van der Waals surface area contributed by atoms with Crippen molar-refractivity contribution in [3.05, 3.63) is 97.1 Å². The zero-order valence-corrected chi connectivity index (χ0v) is 21.7. The van der Waals surface area contributed by atoms with E-state index in [4.69, 9.17) is 9.47 Å². The zero-order chi connectivity index (χ0) is 25.0. The lowest BCUT2D eigenvalue weighted by atomic mass is 9.97. The van der Waals surface area contributed by atoms with E-state index in [9.17, 15) is 0 Å². The lowest BCUT2D eigenvalue weighted by molar-refractivity contribution is 0.260. The fraction of sp³-hybridized carbons (Fsp3) is 0.294. The molecule has 0 saturated heterocycles. The molecule has 0 amide bonds. The molecule has 4 aromatic rings. The van der Waals surface area contributed by atoms with Crippen LogP contribution in [-0.4, -0.2) is 13.2 Å². The Labute approximate surface area is 216 Å². The van der Waals surface area contributed by atoms with Crippen LogP contribution in [0, 0.1) is 0 Å². The van der Waals surface area contributed by atoms with Gasteiger partial charge in [-0.15, -0.1) is 0 Å². The minimum atomic E-state index is 0.710. The molecule has 0 radical (unpaired) electrons. The van der Waals surface area contributed by atoms with Crippen LogP contribution in [0.1, 0.15) is 52.4 Å². The summed E-state index contributed by atoms with van der Waals surface area (Å²) in [4.78, 5) is 0. The zero-order valence-electron chi connectivity index (χ0n) is 21.7. The number of ether oxygens (including phenoxy) is 2. The maximum absolute atomic E-state index is 6.33. The Morgan fingerprint density at radius 1 is 0.444 bits per heavy atom. The molecular weight excluding hydrogens is 440 g/mol. The minimum Gasteiger partial charge on any atom is -0.490 e. The monoisotopic (exact) mass is 478 g/mol. The van der Waals surface area contributed by atoms with E-state index in [-0.39, 0.29) is 0 Å². The fourth-order valence-corrected chi connectivity index (χ4v) is 4.39. The highest BCUT2D eigenvalue weighted by Crippen LogP contribution is 2.39. The molecule has 36 heavy (non-hydrogen) atoms. The molecule has 0 aliphatic heterocycles. The van der Waals surface area contributed by atoms with Gasteiger partial charge in [0, 0.05) is 5.56 Å². The van der Waals surface area contributed by atoms with Gasteiger partial charge in [0.2, 0.25) is 0 Å². The highest BCUT2D eigenvalue weighted by molar-refractivity contribution is 5.77. The van der Waals surface area contributed by atoms with Crippen LogP contribution in [0.5, 0.6) is 11.5 Å². The van der Waals surface area contributed by atoms with Gasteiger partial charge in [-0.1, -0.05) is 131 Å². The van der Waals surface area contributed by atoms with Crippen molar-refractivity contribution in [2.24, 2.45) is 0 Å². The Kier molecular flexibility index (Phi) is 9.61. The largest absolute Gasteiger partial charge is 0.490 e. The smallest absolute Gasteiger partial charge is 0.168 e. The van der Waals surface area contributed by atoms with E-state index in [1.807, 2.05) is 6.07 Å². The lowest BCUT2D eigenvalue weighted by Crippen LogP contribution is -2.04. The van der Waals surface area contributed by atoms with Gasteiger partial charge in [0.05, 0.1) is 13.2 Å². The number of hydrogen-bond donors (Lipinski definition) is 0. The van der Waals surface area contributed by atoms with Gasteiger partial charge in [0.25, 0.3) is 0 Å². The van der Waals surface area contributed by atoms with E-state index < -0.39 is 0 Å². The Morgan fingerprint density at radius 3 is 1.50 bits per heavy atom. The first-order valence-electron chi connectivity index (χ1n) is 13.4. The van der Waals surface area contributed by atoms with E-state index in [0.717, 1.165) is 42.1 Å². The molecule has 0 heterocycles. The third-order valence-corrected chi connectivity index (χ3v) is 6.50. The maximum atomic E-state index is 6.33. The first-order chi connectivity index (χ1) is 17.8. The van der Waals surface area contributed by atoms with Gasteiger partial charge in [0.15, 0.2) is 11.5 Å². The molecule has 0 atom stereocenters. The van der Waals surface area contributed by atoms with Crippen LogP contribution in [0.25, 0.3) is 33.4 Å². The second-order valence-corrected chi connectivity index (χ2v) is 9.26. The maximum Gasteiger partial charge on any atom is 0.168 e. The quantitative estimate of drug-likeness (QED) is 0.178. The van der Waals surface area contributed by atoms with Crippen molar-refractivity contribution in [2.75, 3.05) is 13.2 Å². The molecule has 4 rings (SSSR count). The third-order valence-electron chi connectivity index (χ3n) is 6.50. The Balaban J connectivity index is 1.54. The molecule has 0 aliphatic carbocycles. The van der Waals surface area contributed by atoms with Crippen LogP contribution in [0.15, 0.2) is 97.1 Å². The molecule has 0 spiro atoms. The van der Waals surface area contributed by atoms with Gasteiger partial charge in [-0.3, -0.25) is 0 Å². The molecule has 0 fully saturated rings. The van der Waals surface area contributed by atoms with Gasteiger partial charge in [0.1, 0.15) is 0 Å². The summed E-state index contributed by atoms with van der Waals surface area (Å²) in [5, 5.41) is 0. The third kappa shape index (κ3) is 6.79. The second-order valence-electron chi connectivity index (χ2n) is 9.26. The van der Waals surface area contributed by atoms with E-state index in [0.29, 0.717) is 6.61 Å². The molecule has 0 bridgehead atoms. The number of hydrogen-bond acceptors (Lipinski definition) is 2. The van der Waals surface area contributed by atoms with Crippen LogP contribution in [0.3, 0.4) is 0 Å². The van der Waals surface area contributed by atoms with Crippen LogP contribution in [0.2, 0.25) is 0 Å². The minimum absolute atomic E-state index is 0.710. The highest BCUT2D eigenvalue weighted by Gasteiger charge is 2.14. The lowest BCUT2D eigenvalue weighted by Gasteiger charge is -2.17. The fourth-order valence-electron chi connectivity index (χ4n) is 4.39. The molecule has 186 valence electrons. The van der Waals surface area contributed by atoms with Crippen molar-refractivity contribution >= 4 is 0 Å². The Bertz CT molecular complexity index is 1180. The van der Waals surface area contributed by atoms with E-state index in [2.05, 4.69) is 105 Å². The summed E-state index contributed by atoms with van der Waals surface area (Å²) in [5.74, 6) is 1.71. The number of benzene rings is 4. The van der Waals surface area contributed by atoms with Crippen molar-refractivity contribution in [2.45, 2.75) is 52.4 Å². The molecule has 0 unspecified atom stereocenters. The summed E-state index contributed by atoms with van der Waals surface area (Å²) in [7, 11) is 0. The van der Waals surface area contributed by atoms with Gasteiger partial charge >= 0.3 is 0 Å². The predicted octanol–water partition coefficient (Wildman–Crippen LogP) is 9.83. The van der Waals surface area contributed by atoms with Gasteiger partial charge in [-0.05, 0) is 46.7 Å². The van der Waals surface area contributed by atoms with Gasteiger partial charge < -0.3 is 9.47 Å². The molecule has 4 aromatic carbocycles. The molecule has 2 nitrogen and oxygen atoms in total. The molecule has 0 N–H and O–H groups in total. The molecule has 0 saturated carbocycles. The van der Waals surface area contributed by atoms with Crippen molar-refractivity contribution in [3.8, 4) is 44.9 Å². The number of rotatable bonds is 13. The number of para-hydroxylation sites is 1. The predicted molar refractivity (Wildman–Crippen MR) is 153 cm³/mol. The van der Waals surface area contributed by atoms with E-state index >= 15 is 0 Å². The topological polar surface area (TPSA) is 18.5 Å². The van der Waals surface area contributed by atoms with Gasteiger partial charge in [-0.2, -0.15) is 0 Å². The molecular formula is C34H38O2. The van der Waals surface area contributed by atoms with Crippen LogP contribution >= 0.6 is 0 Å². The highest BCUT2D eigenvalue weighted by atomic mass is 16.5. The Morgan fingerprint density at radius 2 is 0.944 bits per heavy atom. The SMILES string of the molecule is CCCCCOc1cccc(-c2ccc(-c3ccc(-c4ccccc4)cc3)cc2)c1OCCCCC. The normalized spacial score (nSPS) is 10.8. The molecule has 2 heteroatoms. The first kappa shape index (κ1) is 25.6. The average Bonchev–Trinajstić information content (AvgIpc) is 2.94. The Hall–Kier alpha value is -3.52. The summed E-state index contributed by atoms with van der Waals surface area (Å²) < 4.78 is 12.5. The summed E-state index contributed by atoms with van der Waals surface area (Å²) >= 11 is 0. The molecule has 0 aromatic heterocycles. The average molecular weight is 479 g/mol. The van der Waals surface area contributed by atoms with Crippen LogP contribution in [0.4, 0.5) is 0 Å². The van der Waals surface area contributed by atoms with Crippen molar-refractivity contribution in [1.82, 2.24) is 0 Å². The summed E-state index contributed by atoms with van der Waals surface area (Å²) in [6.45, 7) is 5.86. The van der Waals surface area contributed by atoms with Crippen molar-refractivity contribution in [3.63, 3.8) is 0 Å². The van der Waals surface area contributed by atoms with Crippen molar-refractivity contribution in [1.29, 1.82) is 0 Å². The standard InChI is InChI=1S/C34H38O2/c1-3-5-10-25-35-33-16-12-15-32(34(33)36-26-11-6-4-2)31-23-21-30(22-24-31)29-19-17-28(18-20-29)27-13-8-7-9-14-27/h7-9,12-24H,3-6,10-11,25-26H2,1-2H3. The summed E-state index contributed by atoms with van der Waals surface area (Å²) in [6.07, 6.45) is 6.84. The van der Waals surface area contributed by atoms with E-state index in [1.54, 1.807) is 0 Å². The van der Waals surface area contributed by atoms with Crippen LogP contribution in [-0.2, 0) is 0 Å². The number of unbranched alkanes of at least 4 members (excludes halogenated alkanes) is 4. The van der Waals surface area contributed by atoms with Gasteiger partial charge in [-0.25, -0.2) is 0 Å². The first-order valence-corrected chi connectivity index (χ1v) is 13.4.